The Labute approximate surface area is 154 Å². The maximum Gasteiger partial charge on any atom is 0.242 e. The monoisotopic (exact) mass is 350 g/mol. The van der Waals surface area contributed by atoms with Gasteiger partial charge in [-0.05, 0) is 44.2 Å². The van der Waals surface area contributed by atoms with Gasteiger partial charge >= 0.3 is 0 Å². The Morgan fingerprint density at radius 2 is 2.08 bits per heavy atom. The van der Waals surface area contributed by atoms with Crippen LogP contribution in [0.15, 0.2) is 48.9 Å². The van der Waals surface area contributed by atoms with Gasteiger partial charge in [0.2, 0.25) is 5.91 Å². The molecule has 3 heterocycles. The second-order valence-electron chi connectivity index (χ2n) is 7.47. The fourth-order valence-electron chi connectivity index (χ4n) is 4.02. The summed E-state index contributed by atoms with van der Waals surface area (Å²) in [5, 5.41) is 1.18. The quantitative estimate of drug-likeness (QED) is 0.718. The van der Waals surface area contributed by atoms with Crippen LogP contribution >= 0.6 is 0 Å². The van der Waals surface area contributed by atoms with Crippen LogP contribution in [0.2, 0.25) is 0 Å². The minimum absolute atomic E-state index is 0.193. The highest BCUT2D eigenvalue weighted by Gasteiger charge is 2.28. The van der Waals surface area contributed by atoms with E-state index in [4.69, 9.17) is 0 Å². The normalized spacial score (nSPS) is 18.0. The molecule has 1 aliphatic heterocycles. The van der Waals surface area contributed by atoms with Gasteiger partial charge in [-0.3, -0.25) is 4.79 Å². The van der Waals surface area contributed by atoms with Crippen LogP contribution in [0.5, 0.6) is 0 Å². The van der Waals surface area contributed by atoms with Crippen molar-refractivity contribution in [1.82, 2.24) is 19.0 Å². The Balaban J connectivity index is 1.49. The number of para-hydroxylation sites is 1. The van der Waals surface area contributed by atoms with Gasteiger partial charge in [-0.2, -0.15) is 0 Å². The van der Waals surface area contributed by atoms with Crippen molar-refractivity contribution in [2.45, 2.75) is 45.2 Å². The van der Waals surface area contributed by atoms with E-state index in [1.807, 2.05) is 35.6 Å². The Kier molecular flexibility index (Phi) is 4.53. The smallest absolute Gasteiger partial charge is 0.242 e. The van der Waals surface area contributed by atoms with Gasteiger partial charge in [0.05, 0.1) is 0 Å². The summed E-state index contributed by atoms with van der Waals surface area (Å²) in [6.45, 7) is 6.36. The molecule has 4 rings (SSSR count). The summed E-state index contributed by atoms with van der Waals surface area (Å²) in [6.07, 6.45) is 8.07. The van der Waals surface area contributed by atoms with Crippen LogP contribution in [0.1, 0.15) is 44.5 Å². The zero-order valence-electron chi connectivity index (χ0n) is 15.5. The number of likely N-dealkylation sites (tertiary alicyclic amines) is 1. The lowest BCUT2D eigenvalue weighted by Crippen LogP contribution is -2.41. The van der Waals surface area contributed by atoms with Crippen LogP contribution in [0.25, 0.3) is 10.9 Å². The predicted octanol–water partition coefficient (Wildman–Crippen LogP) is 3.82. The fourth-order valence-corrected chi connectivity index (χ4v) is 4.02. The number of benzene rings is 1. The molecule has 5 nitrogen and oxygen atoms in total. The van der Waals surface area contributed by atoms with E-state index < -0.39 is 0 Å². The van der Waals surface area contributed by atoms with Crippen LogP contribution in [0.3, 0.4) is 0 Å². The average molecular weight is 350 g/mol. The maximum atomic E-state index is 12.9. The molecule has 0 saturated carbocycles. The van der Waals surface area contributed by atoms with Gasteiger partial charge < -0.3 is 14.0 Å². The number of fused-ring (bicyclic) bond motifs is 1. The van der Waals surface area contributed by atoms with Crippen LogP contribution in [-0.2, 0) is 11.3 Å². The first-order chi connectivity index (χ1) is 12.6. The predicted molar refractivity (Wildman–Crippen MR) is 103 cm³/mol. The van der Waals surface area contributed by atoms with Crippen molar-refractivity contribution in [3.8, 4) is 0 Å². The van der Waals surface area contributed by atoms with Crippen LogP contribution in [0.4, 0.5) is 0 Å². The number of carbonyl (C=O) groups excluding carboxylic acids is 1. The van der Waals surface area contributed by atoms with Crippen molar-refractivity contribution in [2.24, 2.45) is 0 Å². The van der Waals surface area contributed by atoms with Gasteiger partial charge in [0.25, 0.3) is 0 Å². The van der Waals surface area contributed by atoms with Gasteiger partial charge in [0.15, 0.2) is 0 Å². The summed E-state index contributed by atoms with van der Waals surface area (Å²) in [5.74, 6) is 1.63. The first-order valence-electron chi connectivity index (χ1n) is 9.48. The second-order valence-corrected chi connectivity index (χ2v) is 7.47. The molecule has 5 heteroatoms. The number of aromatic nitrogens is 3. The molecule has 1 atom stereocenters. The lowest BCUT2D eigenvalue weighted by atomic mass is 9.96. The minimum atomic E-state index is 0.193. The molecule has 3 aromatic rings. The van der Waals surface area contributed by atoms with Crippen molar-refractivity contribution in [3.63, 3.8) is 0 Å². The van der Waals surface area contributed by atoms with E-state index in [-0.39, 0.29) is 5.91 Å². The third-order valence-electron chi connectivity index (χ3n) is 5.38. The summed E-state index contributed by atoms with van der Waals surface area (Å²) >= 11 is 0. The van der Waals surface area contributed by atoms with Crippen molar-refractivity contribution in [1.29, 1.82) is 0 Å². The lowest BCUT2D eigenvalue weighted by Gasteiger charge is -2.33. The zero-order valence-corrected chi connectivity index (χ0v) is 15.5. The summed E-state index contributed by atoms with van der Waals surface area (Å²) < 4.78 is 4.29. The standard InChI is InChI=1S/C21H26N4O/c1-16(2)25-13-10-22-21(25)18-7-5-11-24(14-18)20(26)15-23-12-9-17-6-3-4-8-19(17)23/h3-4,6,8-10,12-13,16,18H,5,7,11,14-15H2,1-2H3/t18-/m1/s1. The maximum absolute atomic E-state index is 12.9. The van der Waals surface area contributed by atoms with E-state index in [1.54, 1.807) is 0 Å². The van der Waals surface area contributed by atoms with E-state index in [0.29, 0.717) is 18.5 Å². The molecule has 0 bridgehead atoms. The summed E-state index contributed by atoms with van der Waals surface area (Å²) in [4.78, 5) is 19.5. The molecule has 0 spiro atoms. The molecule has 26 heavy (non-hydrogen) atoms. The Hall–Kier alpha value is -2.56. The SMILES string of the molecule is CC(C)n1ccnc1[C@@H]1CCCN(C(=O)Cn2ccc3ccccc32)C1. The van der Waals surface area contributed by atoms with Crippen molar-refractivity contribution < 1.29 is 4.79 Å². The number of rotatable bonds is 4. The number of imidazole rings is 1. The molecule has 0 N–H and O–H groups in total. The Bertz CT molecular complexity index is 908. The number of amides is 1. The van der Waals surface area contributed by atoms with Crippen LogP contribution in [0, 0.1) is 0 Å². The molecule has 0 aliphatic carbocycles. The van der Waals surface area contributed by atoms with Crippen molar-refractivity contribution >= 4 is 16.8 Å². The van der Waals surface area contributed by atoms with Crippen molar-refractivity contribution in [2.75, 3.05) is 13.1 Å². The highest BCUT2D eigenvalue weighted by atomic mass is 16.2. The van der Waals surface area contributed by atoms with E-state index >= 15 is 0 Å². The number of nitrogens with zero attached hydrogens (tertiary/aromatic N) is 4. The molecule has 0 unspecified atom stereocenters. The number of piperidine rings is 1. The van der Waals surface area contributed by atoms with Crippen molar-refractivity contribution in [3.05, 3.63) is 54.7 Å². The molecule has 136 valence electrons. The highest BCUT2D eigenvalue weighted by molar-refractivity contribution is 5.83. The van der Waals surface area contributed by atoms with Gasteiger partial charge in [-0.15, -0.1) is 0 Å². The van der Waals surface area contributed by atoms with Crippen LogP contribution in [-0.4, -0.2) is 38.0 Å². The zero-order chi connectivity index (χ0) is 18.1. The van der Waals surface area contributed by atoms with Gasteiger partial charge in [-0.25, -0.2) is 4.98 Å². The molecule has 2 aromatic heterocycles. The van der Waals surface area contributed by atoms with E-state index in [0.717, 1.165) is 37.3 Å². The summed E-state index contributed by atoms with van der Waals surface area (Å²) in [7, 11) is 0. The van der Waals surface area contributed by atoms with Gasteiger partial charge in [0.1, 0.15) is 12.4 Å². The fraction of sp³-hybridized carbons (Fsp3) is 0.429. The van der Waals surface area contributed by atoms with Gasteiger partial charge in [0, 0.05) is 49.2 Å². The topological polar surface area (TPSA) is 43.1 Å². The Morgan fingerprint density at radius 1 is 1.23 bits per heavy atom. The molecule has 1 amide bonds. The molecule has 1 fully saturated rings. The highest BCUT2D eigenvalue weighted by Crippen LogP contribution is 2.28. The molecule has 1 aromatic carbocycles. The average Bonchev–Trinajstić information content (AvgIpc) is 3.29. The summed E-state index contributed by atoms with van der Waals surface area (Å²) in [6, 6.07) is 10.7. The van der Waals surface area contributed by atoms with Gasteiger partial charge in [-0.1, -0.05) is 18.2 Å². The largest absolute Gasteiger partial charge is 0.340 e. The minimum Gasteiger partial charge on any atom is -0.340 e. The molecule has 0 radical (unpaired) electrons. The lowest BCUT2D eigenvalue weighted by molar-refractivity contribution is -0.133. The van der Waals surface area contributed by atoms with Crippen LogP contribution < -0.4 is 0 Å². The van der Waals surface area contributed by atoms with E-state index in [9.17, 15) is 4.79 Å². The molecular weight excluding hydrogens is 324 g/mol. The Morgan fingerprint density at radius 3 is 2.92 bits per heavy atom. The van der Waals surface area contributed by atoms with E-state index in [2.05, 4.69) is 46.2 Å². The molecular formula is C21H26N4O. The number of carbonyl (C=O) groups is 1. The first-order valence-corrected chi connectivity index (χ1v) is 9.48. The number of hydrogen-bond donors (Lipinski definition) is 0. The third-order valence-corrected chi connectivity index (χ3v) is 5.38. The second kappa shape index (κ2) is 6.98. The molecule has 1 aliphatic rings. The van der Waals surface area contributed by atoms with E-state index in [1.165, 1.54) is 5.39 Å². The summed E-state index contributed by atoms with van der Waals surface area (Å²) in [5.41, 5.74) is 1.12. The molecule has 1 saturated heterocycles. The third kappa shape index (κ3) is 3.14. The first kappa shape index (κ1) is 16.9. The number of hydrogen-bond acceptors (Lipinski definition) is 2.